The Kier molecular flexibility index (Phi) is 4.83. The molecule has 0 saturated carbocycles. The maximum absolute atomic E-state index is 12.9. The summed E-state index contributed by atoms with van der Waals surface area (Å²) in [5.74, 6) is -0.600. The number of nitrogens with zero attached hydrogens (tertiary/aromatic N) is 1. The Labute approximate surface area is 138 Å². The highest BCUT2D eigenvalue weighted by Gasteiger charge is 2.40. The van der Waals surface area contributed by atoms with Crippen molar-refractivity contribution in [3.8, 4) is 0 Å². The summed E-state index contributed by atoms with van der Waals surface area (Å²) in [5, 5.41) is 10.2. The predicted octanol–water partition coefficient (Wildman–Crippen LogP) is 2.71. The summed E-state index contributed by atoms with van der Waals surface area (Å²) in [6, 6.07) is 4.31. The zero-order valence-corrected chi connectivity index (χ0v) is 13.1. The number of likely N-dealkylation sites (tertiary alicyclic amines) is 1. The Hall–Kier alpha value is -1.60. The number of alkyl halides is 3. The molecule has 0 aliphatic carbocycles. The molecule has 0 unspecified atom stereocenters. The molecule has 7 heteroatoms. The third kappa shape index (κ3) is 3.42. The Balaban J connectivity index is 1.81. The van der Waals surface area contributed by atoms with E-state index in [1.54, 1.807) is 4.90 Å². The van der Waals surface area contributed by atoms with Gasteiger partial charge in [0.05, 0.1) is 18.3 Å². The number of ether oxygens (including phenoxy) is 1. The van der Waals surface area contributed by atoms with E-state index in [0.717, 1.165) is 25.0 Å². The van der Waals surface area contributed by atoms with Crippen molar-refractivity contribution in [3.63, 3.8) is 0 Å². The minimum atomic E-state index is -4.48. The SMILES string of the molecule is O=C(c1cccc(C(F)(F)F)c1)N1CCC[C@@H]1[C@H]1COCC[C@@H]1O. The molecule has 132 valence electrons. The normalized spacial score (nSPS) is 28.2. The fraction of sp³-hybridized carbons (Fsp3) is 0.588. The summed E-state index contributed by atoms with van der Waals surface area (Å²) in [6.07, 6.45) is -2.99. The second-order valence-electron chi connectivity index (χ2n) is 6.38. The Morgan fingerprint density at radius 1 is 1.29 bits per heavy atom. The molecule has 24 heavy (non-hydrogen) atoms. The molecule has 2 fully saturated rings. The van der Waals surface area contributed by atoms with Crippen molar-refractivity contribution in [1.82, 2.24) is 4.90 Å². The number of carbonyl (C=O) groups excluding carboxylic acids is 1. The van der Waals surface area contributed by atoms with Crippen LogP contribution in [0.5, 0.6) is 0 Å². The van der Waals surface area contributed by atoms with Gasteiger partial charge in [0.25, 0.3) is 5.91 Å². The van der Waals surface area contributed by atoms with E-state index < -0.39 is 23.8 Å². The largest absolute Gasteiger partial charge is 0.416 e. The van der Waals surface area contributed by atoms with Crippen molar-refractivity contribution in [1.29, 1.82) is 0 Å². The smallest absolute Gasteiger partial charge is 0.393 e. The van der Waals surface area contributed by atoms with E-state index in [1.165, 1.54) is 12.1 Å². The van der Waals surface area contributed by atoms with E-state index >= 15 is 0 Å². The molecule has 1 aromatic carbocycles. The van der Waals surface area contributed by atoms with Gasteiger partial charge >= 0.3 is 6.18 Å². The van der Waals surface area contributed by atoms with Gasteiger partial charge in [-0.2, -0.15) is 13.2 Å². The van der Waals surface area contributed by atoms with Crippen molar-refractivity contribution in [2.24, 2.45) is 5.92 Å². The number of hydrogen-bond donors (Lipinski definition) is 1. The first kappa shape index (κ1) is 17.2. The van der Waals surface area contributed by atoms with E-state index in [1.807, 2.05) is 0 Å². The Morgan fingerprint density at radius 3 is 2.79 bits per heavy atom. The van der Waals surface area contributed by atoms with Crippen molar-refractivity contribution < 1.29 is 27.8 Å². The molecule has 2 aliphatic rings. The van der Waals surface area contributed by atoms with Crippen LogP contribution in [0, 0.1) is 5.92 Å². The van der Waals surface area contributed by atoms with E-state index in [-0.39, 0.29) is 17.5 Å². The zero-order valence-electron chi connectivity index (χ0n) is 13.1. The summed E-state index contributed by atoms with van der Waals surface area (Å²) >= 11 is 0. The molecule has 1 amide bonds. The fourth-order valence-electron chi connectivity index (χ4n) is 3.60. The number of aliphatic hydroxyl groups excluding tert-OH is 1. The number of hydrogen-bond acceptors (Lipinski definition) is 3. The lowest BCUT2D eigenvalue weighted by molar-refractivity contribution is -0.137. The van der Waals surface area contributed by atoms with Crippen molar-refractivity contribution in [3.05, 3.63) is 35.4 Å². The van der Waals surface area contributed by atoms with Crippen LogP contribution in [0.1, 0.15) is 35.2 Å². The minimum Gasteiger partial charge on any atom is -0.393 e. The van der Waals surface area contributed by atoms with Crippen LogP contribution in [-0.4, -0.2) is 47.8 Å². The van der Waals surface area contributed by atoms with Crippen LogP contribution >= 0.6 is 0 Å². The fourth-order valence-corrected chi connectivity index (χ4v) is 3.60. The van der Waals surface area contributed by atoms with Gasteiger partial charge in [-0.3, -0.25) is 4.79 Å². The first-order valence-electron chi connectivity index (χ1n) is 8.12. The van der Waals surface area contributed by atoms with Gasteiger partial charge in [0.1, 0.15) is 0 Å². The predicted molar refractivity (Wildman–Crippen MR) is 80.4 cm³/mol. The summed E-state index contributed by atoms with van der Waals surface area (Å²) in [7, 11) is 0. The minimum absolute atomic E-state index is 0.0305. The van der Waals surface area contributed by atoms with Gasteiger partial charge in [-0.05, 0) is 37.5 Å². The molecular weight excluding hydrogens is 323 g/mol. The molecule has 0 aromatic heterocycles. The maximum Gasteiger partial charge on any atom is 0.416 e. The van der Waals surface area contributed by atoms with Gasteiger partial charge < -0.3 is 14.7 Å². The average molecular weight is 343 g/mol. The second kappa shape index (κ2) is 6.72. The van der Waals surface area contributed by atoms with E-state index in [9.17, 15) is 23.1 Å². The highest BCUT2D eigenvalue weighted by atomic mass is 19.4. The summed E-state index contributed by atoms with van der Waals surface area (Å²) in [6.45, 7) is 1.35. The number of carbonyl (C=O) groups is 1. The van der Waals surface area contributed by atoms with Crippen LogP contribution in [0.4, 0.5) is 13.2 Å². The number of halogens is 3. The molecule has 1 N–H and O–H groups in total. The van der Waals surface area contributed by atoms with E-state index in [2.05, 4.69) is 0 Å². The number of benzene rings is 1. The lowest BCUT2D eigenvalue weighted by atomic mass is 9.89. The molecule has 2 heterocycles. The average Bonchev–Trinajstić information content (AvgIpc) is 3.03. The lowest BCUT2D eigenvalue weighted by Crippen LogP contribution is -2.48. The number of rotatable bonds is 2. The molecule has 1 aromatic rings. The van der Waals surface area contributed by atoms with Crippen molar-refractivity contribution >= 4 is 5.91 Å². The van der Waals surface area contributed by atoms with E-state index in [0.29, 0.717) is 26.2 Å². The summed E-state index contributed by atoms with van der Waals surface area (Å²) in [4.78, 5) is 14.3. The summed E-state index contributed by atoms with van der Waals surface area (Å²) < 4.78 is 44.0. The number of amides is 1. The Morgan fingerprint density at radius 2 is 2.08 bits per heavy atom. The van der Waals surface area contributed by atoms with Gasteiger partial charge in [-0.15, -0.1) is 0 Å². The van der Waals surface area contributed by atoms with Crippen molar-refractivity contribution in [2.45, 2.75) is 37.6 Å². The molecule has 3 rings (SSSR count). The molecule has 4 nitrogen and oxygen atoms in total. The van der Waals surface area contributed by atoms with Gasteiger partial charge in [0, 0.05) is 30.7 Å². The molecule has 0 spiro atoms. The van der Waals surface area contributed by atoms with E-state index in [4.69, 9.17) is 4.74 Å². The molecule has 0 radical (unpaired) electrons. The molecule has 2 saturated heterocycles. The standard InChI is InChI=1S/C17H20F3NO3/c18-17(19,20)12-4-1-3-11(9-12)16(23)21-7-2-5-14(21)13-10-24-8-6-15(13)22/h1,3-4,9,13-15,22H,2,5-8,10H2/t13-,14-,15+/m1/s1. The third-order valence-corrected chi connectivity index (χ3v) is 4.85. The van der Waals surface area contributed by atoms with Gasteiger partial charge in [-0.25, -0.2) is 0 Å². The second-order valence-corrected chi connectivity index (χ2v) is 6.38. The van der Waals surface area contributed by atoms with Crippen LogP contribution in [0.15, 0.2) is 24.3 Å². The van der Waals surface area contributed by atoms with Crippen LogP contribution in [-0.2, 0) is 10.9 Å². The van der Waals surface area contributed by atoms with Crippen LogP contribution in [0.25, 0.3) is 0 Å². The van der Waals surface area contributed by atoms with Gasteiger partial charge in [0.2, 0.25) is 0 Å². The first-order valence-corrected chi connectivity index (χ1v) is 8.12. The first-order chi connectivity index (χ1) is 11.4. The zero-order chi connectivity index (χ0) is 17.3. The Bertz CT molecular complexity index is 605. The van der Waals surface area contributed by atoms with Crippen LogP contribution in [0.3, 0.4) is 0 Å². The van der Waals surface area contributed by atoms with Gasteiger partial charge in [0.15, 0.2) is 0 Å². The van der Waals surface area contributed by atoms with Gasteiger partial charge in [-0.1, -0.05) is 6.07 Å². The molecule has 0 bridgehead atoms. The lowest BCUT2D eigenvalue weighted by Gasteiger charge is -2.37. The van der Waals surface area contributed by atoms with Crippen LogP contribution in [0.2, 0.25) is 0 Å². The molecule has 2 aliphatic heterocycles. The topological polar surface area (TPSA) is 49.8 Å². The third-order valence-electron chi connectivity index (χ3n) is 4.85. The number of aliphatic hydroxyl groups is 1. The monoisotopic (exact) mass is 343 g/mol. The molecule has 3 atom stereocenters. The molecular formula is C17H20F3NO3. The highest BCUT2D eigenvalue weighted by Crippen LogP contribution is 2.33. The van der Waals surface area contributed by atoms with Crippen molar-refractivity contribution in [2.75, 3.05) is 19.8 Å². The maximum atomic E-state index is 12.9. The quantitative estimate of drug-likeness (QED) is 0.898. The summed E-state index contributed by atoms with van der Waals surface area (Å²) in [5.41, 5.74) is -0.798. The van der Waals surface area contributed by atoms with Crippen LogP contribution < -0.4 is 0 Å². The highest BCUT2D eigenvalue weighted by molar-refractivity contribution is 5.94.